The molecular weight excluding hydrogens is 503 g/mol. The Morgan fingerprint density at radius 1 is 1.14 bits per heavy atom. The average molecular weight is 527 g/mol. The Morgan fingerprint density at radius 3 is 2.50 bits per heavy atom. The van der Waals surface area contributed by atoms with E-state index >= 15 is 0 Å². The van der Waals surface area contributed by atoms with Crippen LogP contribution in [0, 0.1) is 0 Å². The third-order valence-electron chi connectivity index (χ3n) is 9.20. The van der Waals surface area contributed by atoms with Gasteiger partial charge in [0, 0.05) is 18.2 Å². The number of carbonyl (C=O) groups excluding carboxylic acids is 2. The smallest absolute Gasteiger partial charge is 0.261 e. The van der Waals surface area contributed by atoms with Crippen molar-refractivity contribution in [2.45, 2.75) is 54.9 Å². The summed E-state index contributed by atoms with van der Waals surface area (Å²) >= 11 is 12.3. The largest absolute Gasteiger partial charge is 0.504 e. The molecule has 7 rings (SSSR count). The molecule has 36 heavy (non-hydrogen) atoms. The quantitative estimate of drug-likeness (QED) is 0.468. The molecule has 2 fully saturated rings. The van der Waals surface area contributed by atoms with Crippen LogP contribution in [-0.2, 0) is 11.8 Å². The lowest BCUT2D eigenvalue weighted by Crippen LogP contribution is -2.78. The molecule has 0 radical (unpaired) electrons. The highest BCUT2D eigenvalue weighted by atomic mass is 35.5. The van der Waals surface area contributed by atoms with Crippen molar-refractivity contribution < 1.29 is 24.5 Å². The van der Waals surface area contributed by atoms with Crippen molar-refractivity contribution in [1.29, 1.82) is 0 Å². The summed E-state index contributed by atoms with van der Waals surface area (Å²) in [5.74, 6) is -0.519. The van der Waals surface area contributed by atoms with Crippen LogP contribution in [0.25, 0.3) is 0 Å². The Morgan fingerprint density at radius 2 is 1.83 bits per heavy atom. The molecule has 7 nitrogen and oxygen atoms in total. The molecule has 2 bridgehead atoms. The van der Waals surface area contributed by atoms with E-state index in [1.54, 1.807) is 6.07 Å². The molecule has 5 aliphatic rings. The summed E-state index contributed by atoms with van der Waals surface area (Å²) in [6.07, 6.45) is 3.11. The third-order valence-corrected chi connectivity index (χ3v) is 9.92. The molecule has 2 aliphatic carbocycles. The Kier molecular flexibility index (Phi) is 4.56. The number of phenolic OH excluding ortho intramolecular Hbond substituents is 1. The van der Waals surface area contributed by atoms with Gasteiger partial charge in [-0.05, 0) is 56.0 Å². The number of hydrogen-bond donors (Lipinski definition) is 2. The summed E-state index contributed by atoms with van der Waals surface area (Å²) in [4.78, 5) is 30.7. The SMILES string of the molecule is C=CCN1CC[C@]23c4c5ccc(O)c4O[C@H]2[C@H](N2C(=O)c4cc(Cl)c(Cl)cc4C2=O)CC[C@@]3(O)[C@H]1C5. The predicted molar refractivity (Wildman–Crippen MR) is 133 cm³/mol. The van der Waals surface area contributed by atoms with Crippen molar-refractivity contribution in [3.05, 3.63) is 69.2 Å². The van der Waals surface area contributed by atoms with Crippen LogP contribution in [0.1, 0.15) is 51.1 Å². The molecule has 1 saturated heterocycles. The fraction of sp³-hybridized carbons (Fsp3) is 0.407. The average Bonchev–Trinajstić information content (AvgIpc) is 3.31. The van der Waals surface area contributed by atoms with E-state index in [1.807, 2.05) is 12.1 Å². The first-order chi connectivity index (χ1) is 17.2. The van der Waals surface area contributed by atoms with Gasteiger partial charge >= 0.3 is 0 Å². The maximum atomic E-state index is 13.6. The Balaban J connectivity index is 1.39. The van der Waals surface area contributed by atoms with Crippen LogP contribution in [0.15, 0.2) is 36.9 Å². The van der Waals surface area contributed by atoms with E-state index < -0.39 is 35.0 Å². The first kappa shape index (κ1) is 22.6. The van der Waals surface area contributed by atoms with Crippen LogP contribution in [0.2, 0.25) is 10.0 Å². The van der Waals surface area contributed by atoms with Gasteiger partial charge in [-0.2, -0.15) is 0 Å². The van der Waals surface area contributed by atoms with Crippen LogP contribution in [0.5, 0.6) is 11.5 Å². The van der Waals surface area contributed by atoms with Gasteiger partial charge in [0.2, 0.25) is 0 Å². The van der Waals surface area contributed by atoms with E-state index in [4.69, 9.17) is 27.9 Å². The molecule has 1 spiro atoms. The molecule has 1 saturated carbocycles. The van der Waals surface area contributed by atoms with Crippen molar-refractivity contribution in [1.82, 2.24) is 9.80 Å². The summed E-state index contributed by atoms with van der Waals surface area (Å²) in [6, 6.07) is 5.62. The first-order valence-electron chi connectivity index (χ1n) is 12.2. The number of rotatable bonds is 3. The van der Waals surface area contributed by atoms with E-state index in [2.05, 4.69) is 11.5 Å². The lowest BCUT2D eigenvalue weighted by atomic mass is 9.48. The van der Waals surface area contributed by atoms with E-state index in [0.717, 1.165) is 11.1 Å². The minimum atomic E-state index is -1.15. The monoisotopic (exact) mass is 526 g/mol. The topological polar surface area (TPSA) is 90.3 Å². The van der Waals surface area contributed by atoms with Crippen molar-refractivity contribution in [3.63, 3.8) is 0 Å². The number of halogens is 2. The molecule has 2 amide bonds. The van der Waals surface area contributed by atoms with Crippen LogP contribution in [0.4, 0.5) is 0 Å². The lowest BCUT2D eigenvalue weighted by molar-refractivity contribution is -0.194. The Hall–Kier alpha value is -2.58. The van der Waals surface area contributed by atoms with Gasteiger partial charge < -0.3 is 14.9 Å². The van der Waals surface area contributed by atoms with Gasteiger partial charge in [0.15, 0.2) is 11.5 Å². The van der Waals surface area contributed by atoms with Gasteiger partial charge in [-0.15, -0.1) is 6.58 Å². The van der Waals surface area contributed by atoms with Crippen molar-refractivity contribution >= 4 is 35.0 Å². The number of piperidine rings is 1. The number of aliphatic hydroxyl groups is 1. The Labute approximate surface area is 217 Å². The normalized spacial score (nSPS) is 33.9. The van der Waals surface area contributed by atoms with Gasteiger partial charge in [0.1, 0.15) is 6.10 Å². The molecule has 5 atom stereocenters. The van der Waals surface area contributed by atoms with E-state index in [1.165, 1.54) is 17.0 Å². The highest BCUT2D eigenvalue weighted by Gasteiger charge is 2.74. The summed E-state index contributed by atoms with van der Waals surface area (Å²) in [7, 11) is 0. The second-order valence-electron chi connectivity index (χ2n) is 10.5. The lowest BCUT2D eigenvalue weighted by Gasteiger charge is -2.64. The number of nitrogens with zero attached hydrogens (tertiary/aromatic N) is 2. The highest BCUT2D eigenvalue weighted by molar-refractivity contribution is 6.43. The predicted octanol–water partition coefficient (Wildman–Crippen LogP) is 3.70. The van der Waals surface area contributed by atoms with Gasteiger partial charge in [-0.3, -0.25) is 19.4 Å². The maximum Gasteiger partial charge on any atom is 0.261 e. The number of hydrogen-bond acceptors (Lipinski definition) is 6. The zero-order valence-corrected chi connectivity index (χ0v) is 20.8. The third kappa shape index (κ3) is 2.47. The minimum Gasteiger partial charge on any atom is -0.504 e. The molecule has 2 aromatic rings. The summed E-state index contributed by atoms with van der Waals surface area (Å²) in [6.45, 7) is 5.25. The van der Waals surface area contributed by atoms with Crippen LogP contribution < -0.4 is 4.74 Å². The van der Waals surface area contributed by atoms with Gasteiger partial charge in [-0.25, -0.2) is 0 Å². The second kappa shape index (κ2) is 7.25. The van der Waals surface area contributed by atoms with Gasteiger partial charge in [0.25, 0.3) is 11.8 Å². The Bertz CT molecular complexity index is 1350. The molecule has 186 valence electrons. The molecule has 3 aliphatic heterocycles. The number of aromatic hydroxyl groups is 1. The van der Waals surface area contributed by atoms with Crippen molar-refractivity contribution in [3.8, 4) is 11.5 Å². The fourth-order valence-corrected chi connectivity index (χ4v) is 8.13. The standard InChI is InChI=1S/C27H24Cl2N2O5/c1-2-8-30-9-7-26-21-13-3-4-19(32)22(21)36-23(26)18(5-6-27(26,35)20(30)10-13)31-24(33)14-11-16(28)17(29)12-15(14)25(31)34/h2-4,11-12,18,20,23,32,35H,1,5-10H2/t18-,20-,23+,26+,27-/m1/s1. The molecule has 0 unspecified atom stereocenters. The molecule has 3 heterocycles. The van der Waals surface area contributed by atoms with Gasteiger partial charge in [-0.1, -0.05) is 35.3 Å². The number of likely N-dealkylation sites (tertiary alicyclic amines) is 1. The number of imide groups is 1. The van der Waals surface area contributed by atoms with Gasteiger partial charge in [0.05, 0.1) is 38.2 Å². The summed E-state index contributed by atoms with van der Waals surface area (Å²) in [5.41, 5.74) is 0.285. The molecular formula is C27H24Cl2N2O5. The van der Waals surface area contributed by atoms with Crippen LogP contribution >= 0.6 is 23.2 Å². The fourth-order valence-electron chi connectivity index (χ4n) is 7.81. The minimum absolute atomic E-state index is 0.00604. The van der Waals surface area contributed by atoms with Crippen molar-refractivity contribution in [2.75, 3.05) is 13.1 Å². The summed E-state index contributed by atoms with van der Waals surface area (Å²) < 4.78 is 6.49. The number of ether oxygens (including phenoxy) is 1. The number of fused-ring (bicyclic) bond motifs is 1. The number of phenols is 1. The van der Waals surface area contributed by atoms with Crippen LogP contribution in [0.3, 0.4) is 0 Å². The van der Waals surface area contributed by atoms with Crippen LogP contribution in [-0.4, -0.2) is 68.7 Å². The maximum absolute atomic E-state index is 13.6. The number of benzene rings is 2. The number of carbonyl (C=O) groups is 2. The number of amides is 2. The second-order valence-corrected chi connectivity index (χ2v) is 11.3. The zero-order chi connectivity index (χ0) is 25.1. The first-order valence-corrected chi connectivity index (χ1v) is 12.9. The van der Waals surface area contributed by atoms with E-state index in [9.17, 15) is 19.8 Å². The molecule has 9 heteroatoms. The summed E-state index contributed by atoms with van der Waals surface area (Å²) in [5, 5.41) is 23.7. The zero-order valence-electron chi connectivity index (χ0n) is 19.3. The molecule has 2 N–H and O–H groups in total. The molecule has 0 aromatic heterocycles. The van der Waals surface area contributed by atoms with E-state index in [-0.39, 0.29) is 33.0 Å². The molecule has 2 aromatic carbocycles. The van der Waals surface area contributed by atoms with Crippen molar-refractivity contribution in [2.24, 2.45) is 0 Å². The van der Waals surface area contributed by atoms with E-state index in [0.29, 0.717) is 44.5 Å². The highest BCUT2D eigenvalue weighted by Crippen LogP contribution is 2.66.